The Labute approximate surface area is 200 Å². The van der Waals surface area contributed by atoms with E-state index in [9.17, 15) is 23.1 Å². The number of amides is 1. The van der Waals surface area contributed by atoms with Crippen molar-refractivity contribution < 1.29 is 23.1 Å². The van der Waals surface area contributed by atoms with Crippen LogP contribution in [-0.2, 0) is 13.2 Å². The van der Waals surface area contributed by atoms with Gasteiger partial charge in [0, 0.05) is 49.7 Å². The topological polar surface area (TPSA) is 85.4 Å². The number of aliphatic hydroxyl groups is 1. The number of anilines is 1. The molecule has 2 atom stereocenters. The second kappa shape index (κ2) is 8.27. The molecule has 0 bridgehead atoms. The number of para-hydroxylation sites is 1. The number of alkyl halides is 3. The van der Waals surface area contributed by atoms with Crippen LogP contribution >= 0.6 is 0 Å². The highest BCUT2D eigenvalue weighted by Crippen LogP contribution is 2.45. The Kier molecular flexibility index (Phi) is 5.48. The average Bonchev–Trinajstić information content (AvgIpc) is 3.41. The number of nitriles is 1. The standard InChI is InChI=1S/C25H24F3N5O2/c1-31-21-5-3-2-4-19(21)22(30-31)23(35)32-9-8-17-12-33(14-24(17,13-32)15-34)18-7-6-16(11-29)20(10-18)25(26,27)28/h2-7,10,17,34H,8-9,12-15H2,1H3/t17-,24+/m0/s1. The zero-order valence-corrected chi connectivity index (χ0v) is 19.1. The minimum atomic E-state index is -4.64. The van der Waals surface area contributed by atoms with Gasteiger partial charge < -0.3 is 14.9 Å². The van der Waals surface area contributed by atoms with Crippen molar-refractivity contribution in [2.24, 2.45) is 18.4 Å². The van der Waals surface area contributed by atoms with Crippen LogP contribution < -0.4 is 4.90 Å². The Morgan fingerprint density at radius 2 is 2.03 bits per heavy atom. The fourth-order valence-corrected chi connectivity index (χ4v) is 5.56. The Hall–Kier alpha value is -3.58. The predicted octanol–water partition coefficient (Wildman–Crippen LogP) is 3.42. The smallest absolute Gasteiger partial charge is 0.396 e. The van der Waals surface area contributed by atoms with Crippen LogP contribution in [0, 0.1) is 22.7 Å². The third-order valence-corrected chi connectivity index (χ3v) is 7.42. The average molecular weight is 483 g/mol. The second-order valence-corrected chi connectivity index (χ2v) is 9.44. The lowest BCUT2D eigenvalue weighted by atomic mass is 9.74. The van der Waals surface area contributed by atoms with E-state index in [1.54, 1.807) is 22.7 Å². The highest BCUT2D eigenvalue weighted by molar-refractivity contribution is 6.04. The summed E-state index contributed by atoms with van der Waals surface area (Å²) < 4.78 is 42.1. The maximum absolute atomic E-state index is 13.5. The van der Waals surface area contributed by atoms with Crippen molar-refractivity contribution in [2.45, 2.75) is 12.6 Å². The zero-order chi connectivity index (χ0) is 25.0. The van der Waals surface area contributed by atoms with Crippen LogP contribution in [0.1, 0.15) is 28.0 Å². The summed E-state index contributed by atoms with van der Waals surface area (Å²) in [5.41, 5.74) is -0.502. The lowest BCUT2D eigenvalue weighted by Crippen LogP contribution is -2.52. The Balaban J connectivity index is 1.42. The summed E-state index contributed by atoms with van der Waals surface area (Å²) >= 11 is 0. The molecule has 0 unspecified atom stereocenters. The van der Waals surface area contributed by atoms with Gasteiger partial charge in [-0.3, -0.25) is 9.48 Å². The molecule has 0 spiro atoms. The molecule has 2 aromatic carbocycles. The van der Waals surface area contributed by atoms with Gasteiger partial charge in [0.2, 0.25) is 0 Å². The highest BCUT2D eigenvalue weighted by atomic mass is 19.4. The largest absolute Gasteiger partial charge is 0.417 e. The zero-order valence-electron chi connectivity index (χ0n) is 19.1. The number of fused-ring (bicyclic) bond motifs is 2. The molecule has 1 aromatic heterocycles. The first kappa shape index (κ1) is 23.2. The van der Waals surface area contributed by atoms with Crippen LogP contribution in [-0.4, -0.2) is 58.5 Å². The monoisotopic (exact) mass is 483 g/mol. The Bertz CT molecular complexity index is 1350. The number of aromatic nitrogens is 2. The molecular weight excluding hydrogens is 459 g/mol. The summed E-state index contributed by atoms with van der Waals surface area (Å²) in [7, 11) is 1.78. The van der Waals surface area contributed by atoms with Crippen LogP contribution in [0.25, 0.3) is 10.9 Å². The van der Waals surface area contributed by atoms with Gasteiger partial charge in [0.05, 0.1) is 29.3 Å². The molecule has 2 aliphatic rings. The number of piperidine rings is 1. The lowest BCUT2D eigenvalue weighted by Gasteiger charge is -2.42. The third-order valence-electron chi connectivity index (χ3n) is 7.42. The van der Waals surface area contributed by atoms with Gasteiger partial charge in [-0.15, -0.1) is 0 Å². The first-order valence-corrected chi connectivity index (χ1v) is 11.3. The van der Waals surface area contributed by atoms with E-state index in [1.165, 1.54) is 12.1 Å². The molecule has 2 saturated heterocycles. The van der Waals surface area contributed by atoms with Crippen molar-refractivity contribution in [3.63, 3.8) is 0 Å². The third kappa shape index (κ3) is 3.80. The van der Waals surface area contributed by atoms with Gasteiger partial charge in [0.15, 0.2) is 5.69 Å². The molecule has 3 aromatic rings. The number of aliphatic hydroxyl groups excluding tert-OH is 1. The number of nitrogens with zero attached hydrogens (tertiary/aromatic N) is 5. The molecular formula is C25H24F3N5O2. The van der Waals surface area contributed by atoms with Gasteiger partial charge in [-0.2, -0.15) is 23.5 Å². The number of carbonyl (C=O) groups is 1. The van der Waals surface area contributed by atoms with Crippen molar-refractivity contribution in [2.75, 3.05) is 37.7 Å². The summed E-state index contributed by atoms with van der Waals surface area (Å²) in [6.07, 6.45) is -4.02. The van der Waals surface area contributed by atoms with Crippen molar-refractivity contribution >= 4 is 22.5 Å². The number of hydrogen-bond acceptors (Lipinski definition) is 5. The van der Waals surface area contributed by atoms with Crippen molar-refractivity contribution in [1.82, 2.24) is 14.7 Å². The molecule has 1 N–H and O–H groups in total. The molecule has 2 aliphatic heterocycles. The molecule has 3 heterocycles. The van der Waals surface area contributed by atoms with E-state index in [4.69, 9.17) is 5.26 Å². The summed E-state index contributed by atoms with van der Waals surface area (Å²) in [6.45, 7) is 1.35. The van der Waals surface area contributed by atoms with Gasteiger partial charge in [-0.05, 0) is 36.6 Å². The SMILES string of the molecule is Cn1nc(C(=O)N2CC[C@H]3CN(c4ccc(C#N)c(C(F)(F)F)c4)C[C@@]3(CO)C2)c2ccccc21. The van der Waals surface area contributed by atoms with Crippen LogP contribution in [0.3, 0.4) is 0 Å². The van der Waals surface area contributed by atoms with E-state index in [2.05, 4.69) is 5.10 Å². The molecule has 35 heavy (non-hydrogen) atoms. The van der Waals surface area contributed by atoms with E-state index in [0.29, 0.717) is 37.4 Å². The summed E-state index contributed by atoms with van der Waals surface area (Å²) in [6, 6.07) is 12.8. The molecule has 182 valence electrons. The van der Waals surface area contributed by atoms with Gasteiger partial charge in [0.25, 0.3) is 5.91 Å². The van der Waals surface area contributed by atoms with Gasteiger partial charge in [-0.1, -0.05) is 18.2 Å². The molecule has 5 rings (SSSR count). The van der Waals surface area contributed by atoms with Crippen LogP contribution in [0.4, 0.5) is 18.9 Å². The minimum Gasteiger partial charge on any atom is -0.396 e. The highest BCUT2D eigenvalue weighted by Gasteiger charge is 2.51. The summed E-state index contributed by atoms with van der Waals surface area (Å²) in [5.74, 6) is -0.203. The maximum atomic E-state index is 13.5. The molecule has 0 aliphatic carbocycles. The van der Waals surface area contributed by atoms with Crippen molar-refractivity contribution in [3.8, 4) is 6.07 Å². The summed E-state index contributed by atoms with van der Waals surface area (Å²) in [4.78, 5) is 17.0. The first-order valence-electron chi connectivity index (χ1n) is 11.3. The number of hydrogen-bond donors (Lipinski definition) is 1. The molecule has 2 fully saturated rings. The number of halogens is 3. The Morgan fingerprint density at radius 3 is 2.74 bits per heavy atom. The number of aryl methyl sites for hydroxylation is 1. The number of benzene rings is 2. The molecule has 7 nitrogen and oxygen atoms in total. The number of carbonyl (C=O) groups excluding carboxylic acids is 1. The van der Waals surface area contributed by atoms with Crippen molar-refractivity contribution in [3.05, 3.63) is 59.3 Å². The van der Waals surface area contributed by atoms with Gasteiger partial charge >= 0.3 is 6.18 Å². The van der Waals surface area contributed by atoms with Gasteiger partial charge in [-0.25, -0.2) is 0 Å². The quantitative estimate of drug-likeness (QED) is 0.617. The fourth-order valence-electron chi connectivity index (χ4n) is 5.56. The number of rotatable bonds is 3. The van der Waals surface area contributed by atoms with E-state index in [1.807, 2.05) is 29.2 Å². The van der Waals surface area contributed by atoms with E-state index >= 15 is 0 Å². The number of likely N-dealkylation sites (tertiary alicyclic amines) is 1. The van der Waals surface area contributed by atoms with Crippen LogP contribution in [0.5, 0.6) is 0 Å². The molecule has 10 heteroatoms. The molecule has 0 saturated carbocycles. The minimum absolute atomic E-state index is 0.0157. The summed E-state index contributed by atoms with van der Waals surface area (Å²) in [5, 5.41) is 24.7. The molecule has 0 radical (unpaired) electrons. The van der Waals surface area contributed by atoms with E-state index in [-0.39, 0.29) is 25.0 Å². The van der Waals surface area contributed by atoms with E-state index < -0.39 is 22.7 Å². The van der Waals surface area contributed by atoms with Crippen LogP contribution in [0.15, 0.2) is 42.5 Å². The van der Waals surface area contributed by atoms with Gasteiger partial charge in [0.1, 0.15) is 0 Å². The predicted molar refractivity (Wildman–Crippen MR) is 123 cm³/mol. The first-order chi connectivity index (χ1) is 16.7. The molecule has 1 amide bonds. The van der Waals surface area contributed by atoms with Crippen LogP contribution in [0.2, 0.25) is 0 Å². The fraction of sp³-hybridized carbons (Fsp3) is 0.400. The second-order valence-electron chi connectivity index (χ2n) is 9.44. The van der Waals surface area contributed by atoms with E-state index in [0.717, 1.165) is 17.0 Å². The van der Waals surface area contributed by atoms with Crippen molar-refractivity contribution in [1.29, 1.82) is 5.26 Å². The normalized spacial score (nSPS) is 22.3. The Morgan fingerprint density at radius 1 is 1.26 bits per heavy atom. The lowest BCUT2D eigenvalue weighted by molar-refractivity contribution is -0.137. The maximum Gasteiger partial charge on any atom is 0.417 e.